The van der Waals surface area contributed by atoms with Gasteiger partial charge in [-0.1, -0.05) is 6.07 Å². The highest BCUT2D eigenvalue weighted by molar-refractivity contribution is 6.02. The van der Waals surface area contributed by atoms with Crippen LogP contribution < -0.4 is 10.2 Å². The van der Waals surface area contributed by atoms with Crippen molar-refractivity contribution in [2.75, 3.05) is 24.5 Å². The molecular formula is C15H15N3O3. The number of rotatable bonds is 2. The summed E-state index contributed by atoms with van der Waals surface area (Å²) in [6, 6.07) is 8.55. The van der Waals surface area contributed by atoms with E-state index in [0.29, 0.717) is 23.3 Å². The van der Waals surface area contributed by atoms with E-state index in [2.05, 4.69) is 10.3 Å². The summed E-state index contributed by atoms with van der Waals surface area (Å²) in [6.07, 6.45) is 0.862. The first kappa shape index (κ1) is 13.4. The highest BCUT2D eigenvalue weighted by Gasteiger charge is 2.17. The fourth-order valence-electron chi connectivity index (χ4n) is 2.51. The summed E-state index contributed by atoms with van der Waals surface area (Å²) in [7, 11) is 0. The summed E-state index contributed by atoms with van der Waals surface area (Å²) in [5.74, 6) is -0.292. The molecule has 1 aliphatic heterocycles. The first-order valence-corrected chi connectivity index (χ1v) is 6.80. The lowest BCUT2D eigenvalue weighted by atomic mass is 10.1. The molecule has 6 heteroatoms. The van der Waals surface area contributed by atoms with E-state index >= 15 is 0 Å². The van der Waals surface area contributed by atoms with E-state index in [9.17, 15) is 14.7 Å². The van der Waals surface area contributed by atoms with E-state index in [1.807, 2.05) is 4.90 Å². The van der Waals surface area contributed by atoms with Gasteiger partial charge in [0.05, 0.1) is 17.6 Å². The molecule has 0 saturated carbocycles. The van der Waals surface area contributed by atoms with Gasteiger partial charge in [0.2, 0.25) is 5.91 Å². The van der Waals surface area contributed by atoms with E-state index in [1.54, 1.807) is 30.3 Å². The molecule has 1 saturated heterocycles. The normalized spacial score (nSPS) is 15.6. The van der Waals surface area contributed by atoms with Crippen molar-refractivity contribution in [3.8, 4) is 0 Å². The molecule has 0 unspecified atom stereocenters. The van der Waals surface area contributed by atoms with Gasteiger partial charge >= 0.3 is 5.97 Å². The zero-order chi connectivity index (χ0) is 14.8. The van der Waals surface area contributed by atoms with Gasteiger partial charge in [-0.3, -0.25) is 4.79 Å². The van der Waals surface area contributed by atoms with Gasteiger partial charge in [0, 0.05) is 18.5 Å². The molecular weight excluding hydrogens is 270 g/mol. The second-order valence-corrected chi connectivity index (χ2v) is 4.97. The molecule has 2 N–H and O–H groups in total. The number of aromatic carboxylic acids is 1. The van der Waals surface area contributed by atoms with Gasteiger partial charge in [-0.25, -0.2) is 9.78 Å². The fraction of sp³-hybridized carbons (Fsp3) is 0.267. The number of fused-ring (bicyclic) bond motifs is 1. The van der Waals surface area contributed by atoms with Gasteiger partial charge < -0.3 is 15.3 Å². The lowest BCUT2D eigenvalue weighted by Gasteiger charge is -2.20. The molecule has 2 heterocycles. The van der Waals surface area contributed by atoms with E-state index in [0.717, 1.165) is 13.0 Å². The van der Waals surface area contributed by atoms with Gasteiger partial charge in [0.15, 0.2) is 0 Å². The average molecular weight is 285 g/mol. The quantitative estimate of drug-likeness (QED) is 0.868. The first-order chi connectivity index (χ1) is 10.1. The van der Waals surface area contributed by atoms with Crippen LogP contribution in [0.2, 0.25) is 0 Å². The van der Waals surface area contributed by atoms with Crippen LogP contribution in [0.4, 0.5) is 5.82 Å². The number of hydrogen-bond acceptors (Lipinski definition) is 4. The van der Waals surface area contributed by atoms with Crippen LogP contribution in [-0.2, 0) is 4.79 Å². The van der Waals surface area contributed by atoms with Gasteiger partial charge in [-0.2, -0.15) is 0 Å². The number of carbonyl (C=O) groups excluding carboxylic acids is 1. The van der Waals surface area contributed by atoms with Crippen LogP contribution in [0, 0.1) is 0 Å². The molecule has 1 aromatic heterocycles. The fourth-order valence-corrected chi connectivity index (χ4v) is 2.51. The van der Waals surface area contributed by atoms with Gasteiger partial charge in [-0.15, -0.1) is 0 Å². The number of nitrogens with one attached hydrogen (secondary N) is 1. The summed E-state index contributed by atoms with van der Waals surface area (Å²) < 4.78 is 0. The Labute approximate surface area is 121 Å². The second kappa shape index (κ2) is 5.40. The maximum Gasteiger partial charge on any atom is 0.336 e. The molecule has 0 bridgehead atoms. The molecule has 0 aliphatic carbocycles. The van der Waals surface area contributed by atoms with Crippen LogP contribution in [-0.4, -0.2) is 41.6 Å². The lowest BCUT2D eigenvalue weighted by molar-refractivity contribution is -0.119. The Morgan fingerprint density at radius 2 is 2.14 bits per heavy atom. The second-order valence-electron chi connectivity index (χ2n) is 4.97. The highest BCUT2D eigenvalue weighted by atomic mass is 16.4. The smallest absolute Gasteiger partial charge is 0.336 e. The van der Waals surface area contributed by atoms with Gasteiger partial charge in [0.1, 0.15) is 5.82 Å². The number of pyridine rings is 1. The van der Waals surface area contributed by atoms with Crippen LogP contribution in [0.1, 0.15) is 16.8 Å². The number of amides is 1. The molecule has 0 atom stereocenters. The molecule has 0 spiro atoms. The largest absolute Gasteiger partial charge is 0.478 e. The molecule has 108 valence electrons. The van der Waals surface area contributed by atoms with Crippen molar-refractivity contribution < 1.29 is 14.7 Å². The maximum absolute atomic E-state index is 11.6. The van der Waals surface area contributed by atoms with Crippen molar-refractivity contribution in [1.29, 1.82) is 0 Å². The van der Waals surface area contributed by atoms with Crippen molar-refractivity contribution in [2.24, 2.45) is 0 Å². The minimum absolute atomic E-state index is 0.0197. The minimum Gasteiger partial charge on any atom is -0.478 e. The van der Waals surface area contributed by atoms with Crippen LogP contribution in [0.3, 0.4) is 0 Å². The summed E-state index contributed by atoms with van der Waals surface area (Å²) in [6.45, 7) is 1.69. The molecule has 21 heavy (non-hydrogen) atoms. The number of aromatic nitrogens is 1. The predicted octanol–water partition coefficient (Wildman–Crippen LogP) is 1.26. The molecule has 1 fully saturated rings. The number of anilines is 1. The van der Waals surface area contributed by atoms with Crippen LogP contribution >= 0.6 is 0 Å². The molecule has 0 radical (unpaired) electrons. The standard InChI is InChI=1S/C15H15N3O3/c19-14-9-18(8-2-7-16-14)13-6-5-10-11(15(20)21)3-1-4-12(10)17-13/h1,3-6H,2,7-9H2,(H,16,19)(H,20,21). The van der Waals surface area contributed by atoms with E-state index in [1.165, 1.54) is 0 Å². The number of benzene rings is 1. The summed E-state index contributed by atoms with van der Waals surface area (Å²) >= 11 is 0. The van der Waals surface area contributed by atoms with Crippen LogP contribution in [0.15, 0.2) is 30.3 Å². The number of carboxylic acids is 1. The molecule has 2 aromatic rings. The van der Waals surface area contributed by atoms with Crippen molar-refractivity contribution in [3.63, 3.8) is 0 Å². The predicted molar refractivity (Wildman–Crippen MR) is 78.5 cm³/mol. The topological polar surface area (TPSA) is 82.5 Å². The third kappa shape index (κ3) is 2.65. The van der Waals surface area contributed by atoms with Crippen LogP contribution in [0.5, 0.6) is 0 Å². The van der Waals surface area contributed by atoms with Crippen molar-refractivity contribution in [3.05, 3.63) is 35.9 Å². The lowest BCUT2D eigenvalue weighted by Crippen LogP contribution is -2.33. The summed E-state index contributed by atoms with van der Waals surface area (Å²) in [5, 5.41) is 12.6. The Balaban J connectivity index is 2.01. The third-order valence-electron chi connectivity index (χ3n) is 3.53. The van der Waals surface area contributed by atoms with Gasteiger partial charge in [-0.05, 0) is 30.7 Å². The monoisotopic (exact) mass is 285 g/mol. The van der Waals surface area contributed by atoms with Gasteiger partial charge in [0.25, 0.3) is 0 Å². The van der Waals surface area contributed by atoms with E-state index in [4.69, 9.17) is 0 Å². The van der Waals surface area contributed by atoms with Crippen molar-refractivity contribution >= 4 is 28.6 Å². The average Bonchev–Trinajstić information content (AvgIpc) is 2.70. The Kier molecular flexibility index (Phi) is 3.43. The van der Waals surface area contributed by atoms with Crippen molar-refractivity contribution in [1.82, 2.24) is 10.3 Å². The highest BCUT2D eigenvalue weighted by Crippen LogP contribution is 2.22. The first-order valence-electron chi connectivity index (χ1n) is 6.80. The number of carboxylic acid groups (broad SMARTS) is 1. The zero-order valence-corrected chi connectivity index (χ0v) is 11.4. The Morgan fingerprint density at radius 1 is 1.29 bits per heavy atom. The molecule has 6 nitrogen and oxygen atoms in total. The maximum atomic E-state index is 11.6. The van der Waals surface area contributed by atoms with E-state index < -0.39 is 5.97 Å². The SMILES string of the molecule is O=C1CN(c2ccc3c(C(=O)O)cccc3n2)CCCN1. The van der Waals surface area contributed by atoms with Crippen LogP contribution in [0.25, 0.3) is 10.9 Å². The molecule has 3 rings (SSSR count). The molecule has 1 aliphatic rings. The number of nitrogens with zero attached hydrogens (tertiary/aromatic N) is 2. The number of carbonyl (C=O) groups is 2. The minimum atomic E-state index is -0.968. The van der Waals surface area contributed by atoms with Crippen molar-refractivity contribution in [2.45, 2.75) is 6.42 Å². The zero-order valence-electron chi connectivity index (χ0n) is 11.4. The Bertz CT molecular complexity index is 714. The van der Waals surface area contributed by atoms with E-state index in [-0.39, 0.29) is 18.0 Å². The third-order valence-corrected chi connectivity index (χ3v) is 3.53. The summed E-state index contributed by atoms with van der Waals surface area (Å²) in [5.41, 5.74) is 0.859. The number of hydrogen-bond donors (Lipinski definition) is 2. The Hall–Kier alpha value is -2.63. The molecule has 1 aromatic carbocycles. The molecule has 1 amide bonds. The Morgan fingerprint density at radius 3 is 2.95 bits per heavy atom. The summed E-state index contributed by atoms with van der Waals surface area (Å²) in [4.78, 5) is 29.2.